The number of carbonyl (C=O) groups is 2. The molecule has 3 rings (SSSR count). The molecular formula is C21H24N2O5S. The Hall–Kier alpha value is -2.71. The highest BCUT2D eigenvalue weighted by atomic mass is 32.2. The zero-order valence-corrected chi connectivity index (χ0v) is 17.1. The van der Waals surface area contributed by atoms with E-state index in [0.717, 1.165) is 18.8 Å². The Labute approximate surface area is 172 Å². The molecule has 1 aliphatic heterocycles. The summed E-state index contributed by atoms with van der Waals surface area (Å²) in [5, 5.41) is 2.71. The Kier molecular flexibility index (Phi) is 7.37. The first-order valence-corrected chi connectivity index (χ1v) is 10.8. The van der Waals surface area contributed by atoms with Crippen LogP contribution in [0.5, 0.6) is 0 Å². The lowest BCUT2D eigenvalue weighted by molar-refractivity contribution is -0.119. The van der Waals surface area contributed by atoms with Crippen molar-refractivity contribution >= 4 is 34.1 Å². The van der Waals surface area contributed by atoms with Crippen molar-refractivity contribution in [3.05, 3.63) is 54.1 Å². The van der Waals surface area contributed by atoms with Gasteiger partial charge in [0.05, 0.1) is 34.5 Å². The lowest BCUT2D eigenvalue weighted by atomic mass is 10.2. The number of ether oxygens (including phenoxy) is 2. The maximum atomic E-state index is 12.3. The van der Waals surface area contributed by atoms with Gasteiger partial charge < -0.3 is 19.7 Å². The van der Waals surface area contributed by atoms with Crippen LogP contribution in [-0.4, -0.2) is 54.7 Å². The summed E-state index contributed by atoms with van der Waals surface area (Å²) in [5.74, 6) is -0.711. The smallest absolute Gasteiger partial charge is 0.339 e. The van der Waals surface area contributed by atoms with Crippen LogP contribution < -0.4 is 10.2 Å². The maximum absolute atomic E-state index is 12.3. The third-order valence-corrected chi connectivity index (χ3v) is 5.85. The third-order valence-electron chi connectivity index (χ3n) is 4.48. The zero-order chi connectivity index (χ0) is 20.6. The molecule has 0 unspecified atom stereocenters. The van der Waals surface area contributed by atoms with E-state index >= 15 is 0 Å². The van der Waals surface area contributed by atoms with Crippen molar-refractivity contribution in [2.24, 2.45) is 0 Å². The molecule has 8 heteroatoms. The molecule has 1 N–H and O–H groups in total. The van der Waals surface area contributed by atoms with Crippen LogP contribution in [0.2, 0.25) is 0 Å². The second kappa shape index (κ2) is 10.2. The number of rotatable bonds is 7. The highest BCUT2D eigenvalue weighted by Gasteiger charge is 2.17. The van der Waals surface area contributed by atoms with E-state index in [1.165, 1.54) is 0 Å². The van der Waals surface area contributed by atoms with Crippen LogP contribution in [0, 0.1) is 0 Å². The number of hydrogen-bond donors (Lipinski definition) is 1. The summed E-state index contributed by atoms with van der Waals surface area (Å²) in [7, 11) is -1.29. The van der Waals surface area contributed by atoms with Gasteiger partial charge in [-0.25, -0.2) is 4.79 Å². The van der Waals surface area contributed by atoms with Gasteiger partial charge in [-0.2, -0.15) is 0 Å². The van der Waals surface area contributed by atoms with Crippen molar-refractivity contribution in [1.82, 2.24) is 0 Å². The number of anilines is 2. The number of nitrogens with one attached hydrogen (secondary N) is 1. The second-order valence-electron chi connectivity index (χ2n) is 6.40. The monoisotopic (exact) mass is 416 g/mol. The Balaban J connectivity index is 1.53. The zero-order valence-electron chi connectivity index (χ0n) is 16.3. The highest BCUT2D eigenvalue weighted by molar-refractivity contribution is 7.85. The predicted octanol–water partition coefficient (Wildman–Crippen LogP) is 2.45. The molecule has 7 nitrogen and oxygen atoms in total. The van der Waals surface area contributed by atoms with Gasteiger partial charge in [0.2, 0.25) is 0 Å². The molecule has 1 aliphatic rings. The van der Waals surface area contributed by atoms with Crippen molar-refractivity contribution in [3.8, 4) is 0 Å². The van der Waals surface area contributed by atoms with E-state index in [1.54, 1.807) is 31.2 Å². The average molecular weight is 416 g/mol. The van der Waals surface area contributed by atoms with Gasteiger partial charge in [-0.3, -0.25) is 9.00 Å². The minimum atomic E-state index is -1.29. The number of morpholine rings is 1. The first kappa shape index (κ1) is 21.0. The summed E-state index contributed by atoms with van der Waals surface area (Å²) in [6.07, 6.45) is 0. The molecule has 2 aromatic carbocycles. The summed E-state index contributed by atoms with van der Waals surface area (Å²) >= 11 is 0. The predicted molar refractivity (Wildman–Crippen MR) is 112 cm³/mol. The Morgan fingerprint density at radius 3 is 2.48 bits per heavy atom. The minimum Gasteiger partial charge on any atom is -0.452 e. The molecule has 0 saturated carbocycles. The van der Waals surface area contributed by atoms with Gasteiger partial charge >= 0.3 is 5.97 Å². The van der Waals surface area contributed by atoms with E-state index in [-0.39, 0.29) is 5.56 Å². The molecule has 0 spiro atoms. The third kappa shape index (κ3) is 5.65. The van der Waals surface area contributed by atoms with Crippen LogP contribution >= 0.6 is 0 Å². The molecule has 1 saturated heterocycles. The van der Waals surface area contributed by atoms with Crippen LogP contribution in [0.1, 0.15) is 17.3 Å². The fraction of sp³-hybridized carbons (Fsp3) is 0.333. The summed E-state index contributed by atoms with van der Waals surface area (Å²) in [6.45, 7) is 4.45. The number of hydrogen-bond acceptors (Lipinski definition) is 6. The maximum Gasteiger partial charge on any atom is 0.339 e. The van der Waals surface area contributed by atoms with E-state index in [4.69, 9.17) is 9.47 Å². The Morgan fingerprint density at radius 1 is 1.10 bits per heavy atom. The Bertz CT molecular complexity index is 879. The molecule has 1 amide bonds. The normalized spacial score (nSPS) is 14.9. The second-order valence-corrected chi connectivity index (χ2v) is 8.11. The average Bonchev–Trinajstić information content (AvgIpc) is 2.78. The van der Waals surface area contributed by atoms with E-state index < -0.39 is 29.3 Å². The SMILES string of the molecule is CC[S@@](=O)c1ccccc1C(=O)OCC(=O)Nc1ccc(N2CCOCC2)cc1. The molecule has 2 aromatic rings. The fourth-order valence-electron chi connectivity index (χ4n) is 2.97. The molecule has 0 aromatic heterocycles. The van der Waals surface area contributed by atoms with Crippen molar-refractivity contribution in [2.75, 3.05) is 48.9 Å². The fourth-order valence-corrected chi connectivity index (χ4v) is 3.91. The molecule has 29 heavy (non-hydrogen) atoms. The van der Waals surface area contributed by atoms with Crippen LogP contribution in [0.3, 0.4) is 0 Å². The van der Waals surface area contributed by atoms with Crippen molar-refractivity contribution in [3.63, 3.8) is 0 Å². The van der Waals surface area contributed by atoms with Crippen molar-refractivity contribution < 1.29 is 23.3 Å². The van der Waals surface area contributed by atoms with Gasteiger partial charge in [-0.05, 0) is 36.4 Å². The van der Waals surface area contributed by atoms with Crippen LogP contribution in [0.25, 0.3) is 0 Å². The number of carbonyl (C=O) groups excluding carboxylic acids is 2. The van der Waals surface area contributed by atoms with E-state index in [2.05, 4.69) is 10.2 Å². The van der Waals surface area contributed by atoms with Crippen LogP contribution in [-0.2, 0) is 25.1 Å². The van der Waals surface area contributed by atoms with Crippen molar-refractivity contribution in [1.29, 1.82) is 0 Å². The number of amides is 1. The number of nitrogens with zero attached hydrogens (tertiary/aromatic N) is 1. The Morgan fingerprint density at radius 2 is 1.79 bits per heavy atom. The van der Waals surface area contributed by atoms with Gasteiger partial charge in [-0.1, -0.05) is 19.1 Å². The lowest BCUT2D eigenvalue weighted by Gasteiger charge is -2.28. The molecular weight excluding hydrogens is 392 g/mol. The van der Waals surface area contributed by atoms with E-state index in [1.807, 2.05) is 24.3 Å². The van der Waals surface area contributed by atoms with Gasteiger partial charge in [0.15, 0.2) is 6.61 Å². The first-order valence-electron chi connectivity index (χ1n) is 9.45. The van der Waals surface area contributed by atoms with E-state index in [0.29, 0.717) is 29.5 Å². The molecule has 1 heterocycles. The van der Waals surface area contributed by atoms with Gasteiger partial charge in [0.1, 0.15) is 0 Å². The molecule has 0 radical (unpaired) electrons. The lowest BCUT2D eigenvalue weighted by Crippen LogP contribution is -2.36. The van der Waals surface area contributed by atoms with Crippen molar-refractivity contribution in [2.45, 2.75) is 11.8 Å². The van der Waals surface area contributed by atoms with Gasteiger partial charge in [0, 0.05) is 30.2 Å². The quantitative estimate of drug-likeness (QED) is 0.698. The molecule has 1 fully saturated rings. The minimum absolute atomic E-state index is 0.218. The molecule has 154 valence electrons. The highest BCUT2D eigenvalue weighted by Crippen LogP contribution is 2.19. The van der Waals surface area contributed by atoms with E-state index in [9.17, 15) is 13.8 Å². The molecule has 0 bridgehead atoms. The standard InChI is InChI=1S/C21H24N2O5S/c1-2-29(26)19-6-4-3-5-18(19)21(25)28-15-20(24)22-16-7-9-17(10-8-16)23-11-13-27-14-12-23/h3-10H,2,11-15H2,1H3,(H,22,24)/t29-/m1/s1. The van der Waals surface area contributed by atoms with Gasteiger partial charge in [-0.15, -0.1) is 0 Å². The summed E-state index contributed by atoms with van der Waals surface area (Å²) in [5.41, 5.74) is 1.91. The van der Waals surface area contributed by atoms with Crippen LogP contribution in [0.4, 0.5) is 11.4 Å². The van der Waals surface area contributed by atoms with Crippen LogP contribution in [0.15, 0.2) is 53.4 Å². The number of benzene rings is 2. The summed E-state index contributed by atoms with van der Waals surface area (Å²) in [6, 6.07) is 14.1. The topological polar surface area (TPSA) is 84.9 Å². The summed E-state index contributed by atoms with van der Waals surface area (Å²) in [4.78, 5) is 27.1. The van der Waals surface area contributed by atoms with Gasteiger partial charge in [0.25, 0.3) is 5.91 Å². The first-order chi connectivity index (χ1) is 14.1. The number of esters is 1. The summed E-state index contributed by atoms with van der Waals surface area (Å²) < 4.78 is 22.5. The molecule has 1 atom stereocenters. The molecule has 0 aliphatic carbocycles. The largest absolute Gasteiger partial charge is 0.452 e.